The molecule has 0 saturated heterocycles. The summed E-state index contributed by atoms with van der Waals surface area (Å²) in [6, 6.07) is 13.3. The molecule has 3 rings (SSSR count). The molecule has 1 aromatic carbocycles. The lowest BCUT2D eigenvalue weighted by molar-refractivity contribution is 0.912. The summed E-state index contributed by atoms with van der Waals surface area (Å²) < 4.78 is 1.46. The number of hydrogen-bond donors (Lipinski definition) is 1. The summed E-state index contributed by atoms with van der Waals surface area (Å²) in [5.41, 5.74) is 3.80. The second kappa shape index (κ2) is 4.33. The summed E-state index contributed by atoms with van der Waals surface area (Å²) in [7, 11) is 0. The Labute approximate surface area is 104 Å². The van der Waals surface area contributed by atoms with Gasteiger partial charge in [0, 0.05) is 18.6 Å². The van der Waals surface area contributed by atoms with E-state index >= 15 is 0 Å². The highest BCUT2D eigenvalue weighted by Gasteiger charge is 2.02. The molecule has 0 saturated carbocycles. The number of para-hydroxylation sites is 1. The number of hydrogen-bond acceptors (Lipinski definition) is 3. The van der Waals surface area contributed by atoms with E-state index in [2.05, 4.69) is 10.4 Å². The van der Waals surface area contributed by atoms with Crippen LogP contribution in [0.3, 0.4) is 0 Å². The molecule has 88 valence electrons. The van der Waals surface area contributed by atoms with Crippen LogP contribution in [0.1, 0.15) is 0 Å². The molecule has 0 amide bonds. The highest BCUT2D eigenvalue weighted by Crippen LogP contribution is 2.08. The van der Waals surface area contributed by atoms with E-state index in [1.165, 1.54) is 4.68 Å². The molecule has 0 aliphatic rings. The van der Waals surface area contributed by atoms with Gasteiger partial charge in [-0.15, -0.1) is 0 Å². The van der Waals surface area contributed by atoms with Crippen molar-refractivity contribution in [3.8, 4) is 0 Å². The Kier molecular flexibility index (Phi) is 2.53. The quantitative estimate of drug-likeness (QED) is 0.743. The van der Waals surface area contributed by atoms with Gasteiger partial charge in [0.2, 0.25) is 0 Å². The first-order chi connectivity index (χ1) is 8.84. The average molecular weight is 237 g/mol. The molecule has 1 N–H and O–H groups in total. The van der Waals surface area contributed by atoms with Crippen LogP contribution in [0, 0.1) is 0 Å². The van der Waals surface area contributed by atoms with Crippen LogP contribution >= 0.6 is 0 Å². The van der Waals surface area contributed by atoms with Crippen molar-refractivity contribution in [2.24, 2.45) is 0 Å². The molecule has 0 spiro atoms. The van der Waals surface area contributed by atoms with E-state index in [4.69, 9.17) is 0 Å². The zero-order chi connectivity index (χ0) is 12.4. The van der Waals surface area contributed by atoms with Crippen LogP contribution in [0.15, 0.2) is 65.8 Å². The Morgan fingerprint density at radius 1 is 1.06 bits per heavy atom. The molecule has 4 heteroatoms. The molecule has 0 atom stereocenters. The van der Waals surface area contributed by atoms with Gasteiger partial charge in [0.15, 0.2) is 0 Å². The molecule has 0 aliphatic carbocycles. The van der Waals surface area contributed by atoms with Crippen LogP contribution in [-0.2, 0) is 0 Å². The highest BCUT2D eigenvalue weighted by molar-refractivity contribution is 5.80. The first kappa shape index (κ1) is 10.5. The summed E-state index contributed by atoms with van der Waals surface area (Å²) in [5, 5.41) is 1.49. The third-order valence-corrected chi connectivity index (χ3v) is 2.73. The molecule has 0 aliphatic heterocycles. The lowest BCUT2D eigenvalue weighted by Gasteiger charge is -2.09. The molecule has 0 radical (unpaired) electrons. The third kappa shape index (κ3) is 1.84. The summed E-state index contributed by atoms with van der Waals surface area (Å²) >= 11 is 0. The topological polar surface area (TPSA) is 46.9 Å². The molecule has 2 heterocycles. The van der Waals surface area contributed by atoms with Crippen molar-refractivity contribution in [2.45, 2.75) is 0 Å². The molecule has 3 aromatic rings. The van der Waals surface area contributed by atoms with Crippen molar-refractivity contribution in [1.29, 1.82) is 0 Å². The summed E-state index contributed by atoms with van der Waals surface area (Å²) in [5.74, 6) is 0. The van der Waals surface area contributed by atoms with E-state index in [9.17, 15) is 4.79 Å². The molecular formula is C14H11N3O. The Balaban J connectivity index is 2.08. The van der Waals surface area contributed by atoms with Crippen molar-refractivity contribution >= 4 is 16.5 Å². The molecule has 0 unspecified atom stereocenters. The first-order valence-electron chi connectivity index (χ1n) is 5.62. The third-order valence-electron chi connectivity index (χ3n) is 2.73. The van der Waals surface area contributed by atoms with Gasteiger partial charge in [0.25, 0.3) is 5.56 Å². The minimum Gasteiger partial charge on any atom is -0.292 e. The standard InChI is InChI=1S/C14H11N3O/c18-14-13-10-15-8-6-11(13)7-9-17(14)16-12-4-2-1-3-5-12/h1-10,16H. The smallest absolute Gasteiger partial charge is 0.278 e. The van der Waals surface area contributed by atoms with Gasteiger partial charge in [-0.3, -0.25) is 15.2 Å². The maximum absolute atomic E-state index is 12.2. The largest absolute Gasteiger partial charge is 0.292 e. The van der Waals surface area contributed by atoms with Crippen LogP contribution in [0.5, 0.6) is 0 Å². The summed E-state index contributed by atoms with van der Waals surface area (Å²) in [6.07, 6.45) is 4.98. The van der Waals surface area contributed by atoms with Crippen LogP contribution in [0.2, 0.25) is 0 Å². The number of fused-ring (bicyclic) bond motifs is 1. The Bertz CT molecular complexity index is 735. The predicted octanol–water partition coefficient (Wildman–Crippen LogP) is 2.27. The molecule has 4 nitrogen and oxygen atoms in total. The van der Waals surface area contributed by atoms with Gasteiger partial charge in [0.05, 0.1) is 11.1 Å². The summed E-state index contributed by atoms with van der Waals surface area (Å²) in [6.45, 7) is 0. The first-order valence-corrected chi connectivity index (χ1v) is 5.62. The second-order valence-electron chi connectivity index (χ2n) is 3.93. The fourth-order valence-electron chi connectivity index (χ4n) is 1.82. The lowest BCUT2D eigenvalue weighted by atomic mass is 10.2. The van der Waals surface area contributed by atoms with E-state index in [1.807, 2.05) is 42.5 Å². The van der Waals surface area contributed by atoms with Gasteiger partial charge in [-0.2, -0.15) is 0 Å². The summed E-state index contributed by atoms with van der Waals surface area (Å²) in [4.78, 5) is 16.2. The maximum Gasteiger partial charge on any atom is 0.278 e. The predicted molar refractivity (Wildman–Crippen MR) is 71.5 cm³/mol. The van der Waals surface area contributed by atoms with Crippen molar-refractivity contribution < 1.29 is 0 Å². The zero-order valence-corrected chi connectivity index (χ0v) is 9.58. The van der Waals surface area contributed by atoms with Gasteiger partial charge < -0.3 is 0 Å². The normalized spacial score (nSPS) is 10.4. The van der Waals surface area contributed by atoms with Crippen molar-refractivity contribution in [1.82, 2.24) is 9.66 Å². The number of anilines is 1. The number of rotatable bonds is 2. The van der Waals surface area contributed by atoms with Crippen molar-refractivity contribution in [2.75, 3.05) is 5.43 Å². The monoisotopic (exact) mass is 237 g/mol. The van der Waals surface area contributed by atoms with Crippen LogP contribution < -0.4 is 11.0 Å². The minimum atomic E-state index is -0.107. The van der Waals surface area contributed by atoms with Gasteiger partial charge >= 0.3 is 0 Å². The zero-order valence-electron chi connectivity index (χ0n) is 9.58. The maximum atomic E-state index is 12.2. The van der Waals surface area contributed by atoms with E-state index in [0.717, 1.165) is 11.1 Å². The second-order valence-corrected chi connectivity index (χ2v) is 3.93. The van der Waals surface area contributed by atoms with E-state index in [-0.39, 0.29) is 5.56 Å². The number of nitrogens with zero attached hydrogens (tertiary/aromatic N) is 2. The molecule has 2 aromatic heterocycles. The van der Waals surface area contributed by atoms with Gasteiger partial charge in [0.1, 0.15) is 0 Å². The van der Waals surface area contributed by atoms with E-state index in [1.54, 1.807) is 18.6 Å². The Hall–Kier alpha value is -2.62. The molecular weight excluding hydrogens is 226 g/mol. The van der Waals surface area contributed by atoms with Crippen molar-refractivity contribution in [3.05, 3.63) is 71.4 Å². The van der Waals surface area contributed by atoms with Crippen LogP contribution in [0.25, 0.3) is 10.8 Å². The van der Waals surface area contributed by atoms with Gasteiger partial charge in [-0.25, -0.2) is 4.68 Å². The Morgan fingerprint density at radius 2 is 1.89 bits per heavy atom. The SMILES string of the molecule is O=c1c2cnccc2ccn1Nc1ccccc1. The molecule has 18 heavy (non-hydrogen) atoms. The molecule has 0 fully saturated rings. The lowest BCUT2D eigenvalue weighted by Crippen LogP contribution is -2.25. The molecule has 0 bridgehead atoms. The van der Waals surface area contributed by atoms with E-state index in [0.29, 0.717) is 5.39 Å². The Morgan fingerprint density at radius 3 is 2.72 bits per heavy atom. The minimum absolute atomic E-state index is 0.107. The fourth-order valence-corrected chi connectivity index (χ4v) is 1.82. The highest BCUT2D eigenvalue weighted by atomic mass is 16.1. The average Bonchev–Trinajstić information content (AvgIpc) is 2.43. The van der Waals surface area contributed by atoms with Gasteiger partial charge in [-0.1, -0.05) is 18.2 Å². The number of aromatic nitrogens is 2. The van der Waals surface area contributed by atoms with E-state index < -0.39 is 0 Å². The van der Waals surface area contributed by atoms with Crippen LogP contribution in [0.4, 0.5) is 5.69 Å². The number of nitrogens with one attached hydrogen (secondary N) is 1. The fraction of sp³-hybridized carbons (Fsp3) is 0. The van der Waals surface area contributed by atoms with Gasteiger partial charge in [-0.05, 0) is 29.7 Å². The number of benzene rings is 1. The number of pyridine rings is 2. The van der Waals surface area contributed by atoms with Crippen LogP contribution in [-0.4, -0.2) is 9.66 Å². The van der Waals surface area contributed by atoms with Crippen molar-refractivity contribution in [3.63, 3.8) is 0 Å².